The molecule has 1 saturated carbocycles. The summed E-state index contributed by atoms with van der Waals surface area (Å²) in [6.07, 6.45) is 0.506. The average Bonchev–Trinajstić information content (AvgIpc) is 3.51. The van der Waals surface area contributed by atoms with Gasteiger partial charge in [-0.25, -0.2) is 9.59 Å². The van der Waals surface area contributed by atoms with Crippen molar-refractivity contribution >= 4 is 18.0 Å². The molecule has 3 N–H and O–H groups in total. The van der Waals surface area contributed by atoms with E-state index in [9.17, 15) is 19.5 Å². The smallest absolute Gasteiger partial charge is 0.407 e. The molecule has 2 aromatic carbocycles. The van der Waals surface area contributed by atoms with Gasteiger partial charge in [-0.05, 0) is 46.9 Å². The summed E-state index contributed by atoms with van der Waals surface area (Å²) in [5.74, 6) is -1.39. The van der Waals surface area contributed by atoms with Crippen molar-refractivity contribution in [3.8, 4) is 11.1 Å². The molecule has 7 nitrogen and oxygen atoms in total. The molecule has 0 bridgehead atoms. The zero-order chi connectivity index (χ0) is 23.5. The highest BCUT2D eigenvalue weighted by atomic mass is 16.5. The monoisotopic (exact) mass is 450 g/mol. The van der Waals surface area contributed by atoms with Gasteiger partial charge in [0.15, 0.2) is 0 Å². The maximum Gasteiger partial charge on any atom is 0.407 e. The number of carbonyl (C=O) groups is 3. The maximum absolute atomic E-state index is 12.4. The molecule has 33 heavy (non-hydrogen) atoms. The van der Waals surface area contributed by atoms with E-state index in [0.29, 0.717) is 19.4 Å². The molecule has 0 saturated heterocycles. The fourth-order valence-corrected chi connectivity index (χ4v) is 4.63. The van der Waals surface area contributed by atoms with E-state index in [4.69, 9.17) is 4.74 Å². The summed E-state index contributed by atoms with van der Waals surface area (Å²) in [5, 5.41) is 14.7. The Morgan fingerprint density at radius 1 is 1.03 bits per heavy atom. The van der Waals surface area contributed by atoms with Crippen LogP contribution in [0.1, 0.15) is 43.7 Å². The Morgan fingerprint density at radius 3 is 2.21 bits per heavy atom. The standard InChI is InChI=1S/C26H30N2O5/c1-15(2)11-23(25(30)31)28-24(29)21-12-16(21)13-27-26(32)33-14-22-19-9-5-3-7-17(19)18-8-4-6-10-20(18)22/h3-10,15-16,21-23H,11-14H2,1-2H3,(H,27,32)(H,28,29)(H,30,31)/t16-,21-,23?/m1/s1. The summed E-state index contributed by atoms with van der Waals surface area (Å²) in [7, 11) is 0. The first-order chi connectivity index (χ1) is 15.8. The third kappa shape index (κ3) is 5.18. The van der Waals surface area contributed by atoms with Crippen LogP contribution in [-0.4, -0.2) is 42.3 Å². The Hall–Kier alpha value is -3.35. The lowest BCUT2D eigenvalue weighted by molar-refractivity contribution is -0.142. The summed E-state index contributed by atoms with van der Waals surface area (Å²) < 4.78 is 5.53. The minimum Gasteiger partial charge on any atom is -0.480 e. The number of carboxylic acids is 1. The first-order valence-electron chi connectivity index (χ1n) is 11.5. The predicted octanol–water partition coefficient (Wildman–Crippen LogP) is 3.78. The fraction of sp³-hybridized carbons (Fsp3) is 0.423. The Labute approximate surface area is 193 Å². The molecule has 3 atom stereocenters. The number of carbonyl (C=O) groups excluding carboxylic acids is 2. The molecule has 0 heterocycles. The summed E-state index contributed by atoms with van der Waals surface area (Å²) in [6.45, 7) is 4.40. The van der Waals surface area contributed by atoms with Gasteiger partial charge in [-0.15, -0.1) is 0 Å². The maximum atomic E-state index is 12.4. The second-order valence-electron chi connectivity index (χ2n) is 9.34. The van der Waals surface area contributed by atoms with Gasteiger partial charge >= 0.3 is 12.1 Å². The molecule has 0 radical (unpaired) electrons. The molecular formula is C26H30N2O5. The molecule has 2 amide bonds. The average molecular weight is 451 g/mol. The number of amides is 2. The molecule has 0 aliphatic heterocycles. The van der Waals surface area contributed by atoms with E-state index in [1.807, 2.05) is 38.1 Å². The lowest BCUT2D eigenvalue weighted by Crippen LogP contribution is -2.42. The molecule has 7 heteroatoms. The van der Waals surface area contributed by atoms with Crippen molar-refractivity contribution in [3.05, 3.63) is 59.7 Å². The molecule has 174 valence electrons. The molecule has 1 unspecified atom stereocenters. The second-order valence-corrected chi connectivity index (χ2v) is 9.34. The van der Waals surface area contributed by atoms with Crippen molar-refractivity contribution < 1.29 is 24.2 Å². The number of aliphatic carboxylic acids is 1. The zero-order valence-corrected chi connectivity index (χ0v) is 18.9. The van der Waals surface area contributed by atoms with Crippen LogP contribution in [0, 0.1) is 17.8 Å². The first kappa shape index (κ1) is 22.8. The van der Waals surface area contributed by atoms with Gasteiger partial charge in [0.1, 0.15) is 12.6 Å². The lowest BCUT2D eigenvalue weighted by Gasteiger charge is -2.16. The molecule has 1 fully saturated rings. The van der Waals surface area contributed by atoms with E-state index in [2.05, 4.69) is 34.9 Å². The van der Waals surface area contributed by atoms with Gasteiger partial charge in [0, 0.05) is 18.4 Å². The van der Waals surface area contributed by atoms with Gasteiger partial charge in [0.25, 0.3) is 0 Å². The highest BCUT2D eigenvalue weighted by Gasteiger charge is 2.44. The SMILES string of the molecule is CC(C)CC(NC(=O)[C@@H]1C[C@@H]1CNC(=O)OCC1c2ccccc2-c2ccccc21)C(=O)O. The van der Waals surface area contributed by atoms with E-state index < -0.39 is 18.1 Å². The Morgan fingerprint density at radius 2 is 1.64 bits per heavy atom. The van der Waals surface area contributed by atoms with Crippen molar-refractivity contribution in [2.24, 2.45) is 17.8 Å². The molecule has 0 spiro atoms. The van der Waals surface area contributed by atoms with E-state index >= 15 is 0 Å². The van der Waals surface area contributed by atoms with Crippen LogP contribution in [0.3, 0.4) is 0 Å². The molecule has 2 aliphatic carbocycles. The van der Waals surface area contributed by atoms with Gasteiger partial charge in [-0.1, -0.05) is 62.4 Å². The Balaban J connectivity index is 1.24. The number of hydrogen-bond acceptors (Lipinski definition) is 4. The van der Waals surface area contributed by atoms with Crippen LogP contribution < -0.4 is 10.6 Å². The van der Waals surface area contributed by atoms with Crippen LogP contribution in [0.5, 0.6) is 0 Å². The second kappa shape index (κ2) is 9.65. The first-order valence-corrected chi connectivity index (χ1v) is 11.5. The molecule has 0 aromatic heterocycles. The fourth-order valence-electron chi connectivity index (χ4n) is 4.63. The normalized spacial score (nSPS) is 19.4. The minimum absolute atomic E-state index is 0.000947. The van der Waals surface area contributed by atoms with Crippen molar-refractivity contribution in [2.45, 2.75) is 38.6 Å². The van der Waals surface area contributed by atoms with Gasteiger partial charge < -0.3 is 20.5 Å². The number of rotatable bonds is 9. The molecule has 2 aliphatic rings. The van der Waals surface area contributed by atoms with Crippen LogP contribution in [0.15, 0.2) is 48.5 Å². The lowest BCUT2D eigenvalue weighted by atomic mass is 9.98. The predicted molar refractivity (Wildman–Crippen MR) is 124 cm³/mol. The number of nitrogens with one attached hydrogen (secondary N) is 2. The van der Waals surface area contributed by atoms with E-state index in [-0.39, 0.29) is 36.2 Å². The Bertz CT molecular complexity index is 1000. The summed E-state index contributed by atoms with van der Waals surface area (Å²) in [5.41, 5.74) is 4.65. The van der Waals surface area contributed by atoms with Crippen LogP contribution in [-0.2, 0) is 14.3 Å². The third-order valence-electron chi connectivity index (χ3n) is 6.43. The van der Waals surface area contributed by atoms with E-state index in [1.54, 1.807) is 0 Å². The van der Waals surface area contributed by atoms with Gasteiger partial charge in [0.05, 0.1) is 0 Å². The van der Waals surface area contributed by atoms with E-state index in [0.717, 1.165) is 11.1 Å². The van der Waals surface area contributed by atoms with Crippen molar-refractivity contribution in [1.82, 2.24) is 10.6 Å². The number of ether oxygens (including phenoxy) is 1. The number of benzene rings is 2. The zero-order valence-electron chi connectivity index (χ0n) is 18.9. The Kier molecular flexibility index (Phi) is 6.67. The van der Waals surface area contributed by atoms with Crippen LogP contribution in [0.25, 0.3) is 11.1 Å². The number of hydrogen-bond donors (Lipinski definition) is 3. The number of alkyl carbamates (subject to hydrolysis) is 1. The minimum atomic E-state index is -1.02. The quantitative estimate of drug-likeness (QED) is 0.539. The van der Waals surface area contributed by atoms with Crippen LogP contribution in [0.2, 0.25) is 0 Å². The van der Waals surface area contributed by atoms with Crippen LogP contribution in [0.4, 0.5) is 4.79 Å². The summed E-state index contributed by atoms with van der Waals surface area (Å²) in [6, 6.07) is 15.4. The van der Waals surface area contributed by atoms with Gasteiger partial charge in [0.2, 0.25) is 5.91 Å². The van der Waals surface area contributed by atoms with Crippen molar-refractivity contribution in [3.63, 3.8) is 0 Å². The summed E-state index contributed by atoms with van der Waals surface area (Å²) in [4.78, 5) is 36.0. The largest absolute Gasteiger partial charge is 0.480 e. The molecular weight excluding hydrogens is 420 g/mol. The highest BCUT2D eigenvalue weighted by Crippen LogP contribution is 2.44. The topological polar surface area (TPSA) is 105 Å². The summed E-state index contributed by atoms with van der Waals surface area (Å²) >= 11 is 0. The highest BCUT2D eigenvalue weighted by molar-refractivity contribution is 5.86. The molecule has 4 rings (SSSR count). The third-order valence-corrected chi connectivity index (χ3v) is 6.43. The molecule has 2 aromatic rings. The van der Waals surface area contributed by atoms with Crippen LogP contribution >= 0.6 is 0 Å². The van der Waals surface area contributed by atoms with E-state index in [1.165, 1.54) is 11.1 Å². The van der Waals surface area contributed by atoms with Gasteiger partial charge in [-0.3, -0.25) is 4.79 Å². The van der Waals surface area contributed by atoms with Crippen molar-refractivity contribution in [1.29, 1.82) is 0 Å². The number of fused-ring (bicyclic) bond motifs is 3. The van der Waals surface area contributed by atoms with Crippen molar-refractivity contribution in [2.75, 3.05) is 13.2 Å². The number of carboxylic acid groups (broad SMARTS) is 1. The van der Waals surface area contributed by atoms with Gasteiger partial charge in [-0.2, -0.15) is 0 Å².